The Balaban J connectivity index is 0. The molecule has 1 aliphatic rings. The topological polar surface area (TPSA) is 12.0 Å². The quantitative estimate of drug-likeness (QED) is 0.573. The summed E-state index contributed by atoms with van der Waals surface area (Å²) in [6.07, 6.45) is 5.95. The lowest BCUT2D eigenvalue weighted by Crippen LogP contribution is -1.89. The Hall–Kier alpha value is -0.0400. The summed E-state index contributed by atoms with van der Waals surface area (Å²) >= 11 is 0. The number of rotatable bonds is 0. The van der Waals surface area contributed by atoms with E-state index < -0.39 is 0 Å². The van der Waals surface area contributed by atoms with Gasteiger partial charge in [0.2, 0.25) is 0 Å². The van der Waals surface area contributed by atoms with E-state index in [1.807, 2.05) is 27.9 Å². The average Bonchev–Trinajstić information content (AvgIpc) is 2.46. The third-order valence-corrected chi connectivity index (χ3v) is 1.64. The summed E-state index contributed by atoms with van der Waals surface area (Å²) in [5, 5.41) is 2.75. The molecule has 1 fully saturated rings. The van der Waals surface area contributed by atoms with Crippen LogP contribution in [0.3, 0.4) is 0 Å². The normalized spacial score (nSPS) is 16.1. The van der Waals surface area contributed by atoms with E-state index in [0.717, 1.165) is 5.92 Å². The predicted octanol–water partition coefficient (Wildman–Crippen LogP) is 3.06. The molecule has 1 rings (SSSR count). The molecule has 0 aromatic carbocycles. The van der Waals surface area contributed by atoms with Gasteiger partial charge in [0, 0.05) is 0 Å². The van der Waals surface area contributed by atoms with Crippen LogP contribution in [-0.2, 0) is 0 Å². The van der Waals surface area contributed by atoms with Crippen LogP contribution in [0, 0.1) is 5.92 Å². The van der Waals surface area contributed by atoms with Crippen molar-refractivity contribution >= 4 is 0 Å². The van der Waals surface area contributed by atoms with Crippen LogP contribution >= 0.6 is 0 Å². The van der Waals surface area contributed by atoms with E-state index in [-0.39, 0.29) is 0 Å². The standard InChI is InChI=1S/C6H12.C2H7N.C2H6/c1-6-4-2-3-5-6;1-3-2;1-2/h6H,2-5H2,1H3;3H,1-2H3;1-2H3. The summed E-state index contributed by atoms with van der Waals surface area (Å²) < 4.78 is 0. The average molecular weight is 159 g/mol. The van der Waals surface area contributed by atoms with E-state index in [1.165, 1.54) is 25.7 Å². The molecule has 0 radical (unpaired) electrons. The highest BCUT2D eigenvalue weighted by Crippen LogP contribution is 2.22. The highest BCUT2D eigenvalue weighted by molar-refractivity contribution is 4.60. The summed E-state index contributed by atoms with van der Waals surface area (Å²) in [6.45, 7) is 6.34. The van der Waals surface area contributed by atoms with Gasteiger partial charge in [0.25, 0.3) is 0 Å². The van der Waals surface area contributed by atoms with E-state index in [9.17, 15) is 0 Å². The predicted molar refractivity (Wildman–Crippen MR) is 54.0 cm³/mol. The molecule has 1 N–H and O–H groups in total. The second-order valence-electron chi connectivity index (χ2n) is 2.89. The molecule has 11 heavy (non-hydrogen) atoms. The van der Waals surface area contributed by atoms with Crippen LogP contribution in [0.5, 0.6) is 0 Å². The van der Waals surface area contributed by atoms with Gasteiger partial charge < -0.3 is 5.32 Å². The first-order chi connectivity index (χ1) is 5.31. The molecule has 0 aliphatic heterocycles. The van der Waals surface area contributed by atoms with Crippen molar-refractivity contribution in [1.29, 1.82) is 0 Å². The van der Waals surface area contributed by atoms with Crippen LogP contribution in [0.15, 0.2) is 0 Å². The number of hydrogen-bond acceptors (Lipinski definition) is 1. The van der Waals surface area contributed by atoms with Gasteiger partial charge in [-0.3, -0.25) is 0 Å². The summed E-state index contributed by atoms with van der Waals surface area (Å²) in [5.74, 6) is 1.05. The summed E-state index contributed by atoms with van der Waals surface area (Å²) in [5.41, 5.74) is 0. The first-order valence-corrected chi connectivity index (χ1v) is 4.89. The summed E-state index contributed by atoms with van der Waals surface area (Å²) in [6, 6.07) is 0. The second kappa shape index (κ2) is 12.6. The lowest BCUT2D eigenvalue weighted by molar-refractivity contribution is 0.612. The molecule has 0 spiro atoms. The number of nitrogens with one attached hydrogen (secondary N) is 1. The van der Waals surface area contributed by atoms with Crippen molar-refractivity contribution in [3.63, 3.8) is 0 Å². The van der Waals surface area contributed by atoms with Gasteiger partial charge in [-0.05, 0) is 20.0 Å². The van der Waals surface area contributed by atoms with Crippen LogP contribution in [-0.4, -0.2) is 14.1 Å². The Bertz CT molecular complexity index is 46.8. The van der Waals surface area contributed by atoms with Crippen LogP contribution in [0.2, 0.25) is 0 Å². The molecule has 0 aromatic rings. The van der Waals surface area contributed by atoms with E-state index >= 15 is 0 Å². The first kappa shape index (κ1) is 13.5. The lowest BCUT2D eigenvalue weighted by atomic mass is 10.2. The first-order valence-electron chi connectivity index (χ1n) is 4.89. The number of hydrogen-bond donors (Lipinski definition) is 1. The van der Waals surface area contributed by atoms with Crippen LogP contribution in [0.4, 0.5) is 0 Å². The van der Waals surface area contributed by atoms with Crippen molar-refractivity contribution in [2.24, 2.45) is 5.92 Å². The highest BCUT2D eigenvalue weighted by Gasteiger charge is 2.07. The molecule has 70 valence electrons. The minimum absolute atomic E-state index is 1.05. The Morgan fingerprint density at radius 3 is 1.36 bits per heavy atom. The molecular formula is C10H25N. The third kappa shape index (κ3) is 13.0. The zero-order chi connectivity index (χ0) is 9.11. The fourth-order valence-corrected chi connectivity index (χ4v) is 1.13. The summed E-state index contributed by atoms with van der Waals surface area (Å²) in [4.78, 5) is 0. The monoisotopic (exact) mass is 159 g/mol. The third-order valence-electron chi connectivity index (χ3n) is 1.64. The smallest absolute Gasteiger partial charge is 0.0167 e. The Morgan fingerprint density at radius 2 is 1.27 bits per heavy atom. The van der Waals surface area contributed by atoms with E-state index in [1.54, 1.807) is 0 Å². The fraction of sp³-hybridized carbons (Fsp3) is 1.00. The zero-order valence-corrected chi connectivity index (χ0v) is 8.91. The van der Waals surface area contributed by atoms with Crippen molar-refractivity contribution < 1.29 is 0 Å². The van der Waals surface area contributed by atoms with Gasteiger partial charge in [0.1, 0.15) is 0 Å². The summed E-state index contributed by atoms with van der Waals surface area (Å²) in [7, 11) is 3.75. The molecule has 0 heterocycles. The van der Waals surface area contributed by atoms with Gasteiger partial charge in [-0.15, -0.1) is 0 Å². The maximum Gasteiger partial charge on any atom is -0.0167 e. The molecule has 1 saturated carbocycles. The SMILES string of the molecule is CC.CC1CCCC1.CNC. The van der Waals surface area contributed by atoms with Crippen molar-refractivity contribution in [2.75, 3.05) is 14.1 Å². The van der Waals surface area contributed by atoms with Gasteiger partial charge in [0.05, 0.1) is 0 Å². The molecule has 0 amide bonds. The van der Waals surface area contributed by atoms with Crippen molar-refractivity contribution in [1.82, 2.24) is 5.32 Å². The largest absolute Gasteiger partial charge is 0.323 e. The molecule has 1 nitrogen and oxygen atoms in total. The Morgan fingerprint density at radius 1 is 1.00 bits per heavy atom. The fourth-order valence-electron chi connectivity index (χ4n) is 1.13. The maximum atomic E-state index is 2.75. The van der Waals surface area contributed by atoms with E-state index in [0.29, 0.717) is 0 Å². The Kier molecular flexibility index (Phi) is 15.5. The molecule has 0 saturated heterocycles. The van der Waals surface area contributed by atoms with E-state index in [4.69, 9.17) is 0 Å². The van der Waals surface area contributed by atoms with Gasteiger partial charge in [0.15, 0.2) is 0 Å². The van der Waals surface area contributed by atoms with E-state index in [2.05, 4.69) is 12.2 Å². The van der Waals surface area contributed by atoms with Crippen molar-refractivity contribution in [3.8, 4) is 0 Å². The Labute approximate surface area is 72.6 Å². The van der Waals surface area contributed by atoms with Crippen molar-refractivity contribution in [2.45, 2.75) is 46.5 Å². The molecule has 0 bridgehead atoms. The van der Waals surface area contributed by atoms with Crippen LogP contribution in [0.25, 0.3) is 0 Å². The lowest BCUT2D eigenvalue weighted by Gasteiger charge is -1.91. The second-order valence-corrected chi connectivity index (χ2v) is 2.89. The molecule has 0 atom stereocenters. The molecule has 1 aliphatic carbocycles. The highest BCUT2D eigenvalue weighted by atomic mass is 14.7. The maximum absolute atomic E-state index is 2.75. The van der Waals surface area contributed by atoms with Gasteiger partial charge in [-0.1, -0.05) is 46.5 Å². The van der Waals surface area contributed by atoms with Gasteiger partial charge >= 0.3 is 0 Å². The molecule has 1 heteroatoms. The van der Waals surface area contributed by atoms with Crippen LogP contribution < -0.4 is 5.32 Å². The molecule has 0 aromatic heterocycles. The zero-order valence-electron chi connectivity index (χ0n) is 8.91. The molecule has 0 unspecified atom stereocenters. The van der Waals surface area contributed by atoms with Gasteiger partial charge in [-0.2, -0.15) is 0 Å². The minimum atomic E-state index is 1.05. The van der Waals surface area contributed by atoms with Crippen LogP contribution in [0.1, 0.15) is 46.5 Å². The van der Waals surface area contributed by atoms with Crippen molar-refractivity contribution in [3.05, 3.63) is 0 Å². The minimum Gasteiger partial charge on any atom is -0.323 e. The van der Waals surface area contributed by atoms with Gasteiger partial charge in [-0.25, -0.2) is 0 Å². The molecular weight excluding hydrogens is 134 g/mol.